The minimum Gasteiger partial charge on any atom is -0.313 e. The molecule has 0 spiro atoms. The van der Waals surface area contributed by atoms with E-state index in [0.717, 1.165) is 19.5 Å². The standard InChI is InChI=1S/C15H23FN2/c1-12(10-13-5-7-14(16)8-6-13)18-11-15-4-2-3-9-17-15/h5-8,12,15,17-18H,2-4,9-11H2,1H3. The first-order valence-corrected chi connectivity index (χ1v) is 6.95. The maximum absolute atomic E-state index is 12.8. The predicted molar refractivity (Wildman–Crippen MR) is 73.2 cm³/mol. The predicted octanol–water partition coefficient (Wildman–Crippen LogP) is 2.49. The van der Waals surface area contributed by atoms with Crippen molar-refractivity contribution in [2.75, 3.05) is 13.1 Å². The van der Waals surface area contributed by atoms with E-state index >= 15 is 0 Å². The quantitative estimate of drug-likeness (QED) is 0.839. The van der Waals surface area contributed by atoms with E-state index in [1.54, 1.807) is 0 Å². The van der Waals surface area contributed by atoms with E-state index in [0.29, 0.717) is 12.1 Å². The molecule has 2 N–H and O–H groups in total. The summed E-state index contributed by atoms with van der Waals surface area (Å²) in [4.78, 5) is 0. The van der Waals surface area contributed by atoms with Gasteiger partial charge in [0.05, 0.1) is 0 Å². The van der Waals surface area contributed by atoms with Crippen molar-refractivity contribution in [3.05, 3.63) is 35.6 Å². The van der Waals surface area contributed by atoms with Gasteiger partial charge in [-0.25, -0.2) is 4.39 Å². The van der Waals surface area contributed by atoms with Crippen LogP contribution in [0.15, 0.2) is 24.3 Å². The maximum Gasteiger partial charge on any atom is 0.123 e. The molecule has 1 aromatic rings. The molecule has 2 unspecified atom stereocenters. The summed E-state index contributed by atoms with van der Waals surface area (Å²) in [6.45, 7) is 4.37. The summed E-state index contributed by atoms with van der Waals surface area (Å²) in [5.41, 5.74) is 1.19. The molecule has 1 aliphatic heterocycles. The molecule has 1 aromatic carbocycles. The Kier molecular flexibility index (Phi) is 5.14. The lowest BCUT2D eigenvalue weighted by Gasteiger charge is -2.25. The van der Waals surface area contributed by atoms with Gasteiger partial charge in [0, 0.05) is 18.6 Å². The average Bonchev–Trinajstić information content (AvgIpc) is 2.40. The Hall–Kier alpha value is -0.930. The van der Waals surface area contributed by atoms with E-state index in [1.807, 2.05) is 12.1 Å². The van der Waals surface area contributed by atoms with E-state index in [9.17, 15) is 4.39 Å². The van der Waals surface area contributed by atoms with Crippen molar-refractivity contribution < 1.29 is 4.39 Å². The molecule has 1 aliphatic rings. The molecule has 0 bridgehead atoms. The SMILES string of the molecule is CC(Cc1ccc(F)cc1)NCC1CCCCN1. The molecule has 1 heterocycles. The molecule has 18 heavy (non-hydrogen) atoms. The smallest absolute Gasteiger partial charge is 0.123 e. The second-order valence-corrected chi connectivity index (χ2v) is 5.29. The zero-order chi connectivity index (χ0) is 12.8. The lowest BCUT2D eigenvalue weighted by molar-refractivity contribution is 0.369. The van der Waals surface area contributed by atoms with Crippen LogP contribution in [0.5, 0.6) is 0 Å². The van der Waals surface area contributed by atoms with Gasteiger partial charge in [-0.1, -0.05) is 18.6 Å². The van der Waals surface area contributed by atoms with Crippen LogP contribution in [0.2, 0.25) is 0 Å². The fraction of sp³-hybridized carbons (Fsp3) is 0.600. The lowest BCUT2D eigenvalue weighted by atomic mass is 10.0. The lowest BCUT2D eigenvalue weighted by Crippen LogP contribution is -2.44. The number of hydrogen-bond donors (Lipinski definition) is 2. The summed E-state index contributed by atoms with van der Waals surface area (Å²) in [5, 5.41) is 7.09. The Morgan fingerprint density at radius 3 is 2.78 bits per heavy atom. The van der Waals surface area contributed by atoms with E-state index < -0.39 is 0 Å². The Morgan fingerprint density at radius 2 is 2.11 bits per heavy atom. The number of nitrogens with one attached hydrogen (secondary N) is 2. The van der Waals surface area contributed by atoms with Crippen molar-refractivity contribution in [1.29, 1.82) is 0 Å². The van der Waals surface area contributed by atoms with E-state index in [-0.39, 0.29) is 5.82 Å². The van der Waals surface area contributed by atoms with Gasteiger partial charge in [-0.2, -0.15) is 0 Å². The molecule has 2 atom stereocenters. The summed E-state index contributed by atoms with van der Waals surface area (Å²) < 4.78 is 12.8. The molecular weight excluding hydrogens is 227 g/mol. The normalized spacial score (nSPS) is 21.8. The molecule has 100 valence electrons. The number of piperidine rings is 1. The van der Waals surface area contributed by atoms with Gasteiger partial charge in [-0.05, 0) is 50.4 Å². The van der Waals surface area contributed by atoms with Gasteiger partial charge in [0.25, 0.3) is 0 Å². The molecule has 0 amide bonds. The molecule has 1 saturated heterocycles. The third kappa shape index (κ3) is 4.39. The Bertz CT molecular complexity index is 344. The van der Waals surface area contributed by atoms with Crippen molar-refractivity contribution in [2.24, 2.45) is 0 Å². The molecule has 0 saturated carbocycles. The van der Waals surface area contributed by atoms with Crippen molar-refractivity contribution >= 4 is 0 Å². The second kappa shape index (κ2) is 6.86. The van der Waals surface area contributed by atoms with Gasteiger partial charge in [0.15, 0.2) is 0 Å². The van der Waals surface area contributed by atoms with E-state index in [2.05, 4.69) is 17.6 Å². The Morgan fingerprint density at radius 1 is 1.33 bits per heavy atom. The number of hydrogen-bond acceptors (Lipinski definition) is 2. The van der Waals surface area contributed by atoms with Crippen LogP contribution in [0.25, 0.3) is 0 Å². The van der Waals surface area contributed by atoms with Crippen LogP contribution in [0.3, 0.4) is 0 Å². The van der Waals surface area contributed by atoms with Crippen LogP contribution in [0.4, 0.5) is 4.39 Å². The third-order valence-electron chi connectivity index (χ3n) is 3.58. The Balaban J connectivity index is 1.71. The average molecular weight is 250 g/mol. The first-order chi connectivity index (χ1) is 8.74. The van der Waals surface area contributed by atoms with Gasteiger partial charge in [0.1, 0.15) is 5.82 Å². The van der Waals surface area contributed by atoms with Crippen molar-refractivity contribution in [2.45, 2.75) is 44.7 Å². The van der Waals surface area contributed by atoms with Crippen molar-refractivity contribution in [1.82, 2.24) is 10.6 Å². The highest BCUT2D eigenvalue weighted by atomic mass is 19.1. The summed E-state index contributed by atoms with van der Waals surface area (Å²) in [6.07, 6.45) is 4.87. The summed E-state index contributed by atoms with van der Waals surface area (Å²) in [7, 11) is 0. The van der Waals surface area contributed by atoms with E-state index in [4.69, 9.17) is 0 Å². The van der Waals surface area contributed by atoms with Crippen LogP contribution in [0.1, 0.15) is 31.7 Å². The Labute approximate surface area is 109 Å². The largest absolute Gasteiger partial charge is 0.313 e. The highest BCUT2D eigenvalue weighted by molar-refractivity contribution is 5.16. The monoisotopic (exact) mass is 250 g/mol. The number of benzene rings is 1. The van der Waals surface area contributed by atoms with Crippen LogP contribution in [-0.2, 0) is 6.42 Å². The topological polar surface area (TPSA) is 24.1 Å². The molecule has 0 aliphatic carbocycles. The molecule has 0 radical (unpaired) electrons. The molecule has 2 rings (SSSR count). The number of halogens is 1. The summed E-state index contributed by atoms with van der Waals surface area (Å²) >= 11 is 0. The third-order valence-corrected chi connectivity index (χ3v) is 3.58. The highest BCUT2D eigenvalue weighted by Gasteiger charge is 2.13. The summed E-state index contributed by atoms with van der Waals surface area (Å²) in [6, 6.07) is 7.85. The van der Waals surface area contributed by atoms with Gasteiger partial charge >= 0.3 is 0 Å². The molecule has 0 aromatic heterocycles. The van der Waals surface area contributed by atoms with Gasteiger partial charge in [-0.3, -0.25) is 0 Å². The van der Waals surface area contributed by atoms with Crippen molar-refractivity contribution in [3.63, 3.8) is 0 Å². The number of rotatable bonds is 5. The minimum atomic E-state index is -0.161. The first kappa shape index (κ1) is 13.5. The molecular formula is C15H23FN2. The minimum absolute atomic E-state index is 0.161. The van der Waals surface area contributed by atoms with Crippen LogP contribution >= 0.6 is 0 Å². The van der Waals surface area contributed by atoms with Gasteiger partial charge < -0.3 is 10.6 Å². The van der Waals surface area contributed by atoms with E-state index in [1.165, 1.54) is 37.0 Å². The first-order valence-electron chi connectivity index (χ1n) is 6.95. The molecule has 2 nitrogen and oxygen atoms in total. The molecule has 1 fully saturated rings. The highest BCUT2D eigenvalue weighted by Crippen LogP contribution is 2.08. The fourth-order valence-corrected chi connectivity index (χ4v) is 2.49. The van der Waals surface area contributed by atoms with Crippen molar-refractivity contribution in [3.8, 4) is 0 Å². The zero-order valence-electron chi connectivity index (χ0n) is 11.1. The zero-order valence-corrected chi connectivity index (χ0v) is 11.1. The van der Waals surface area contributed by atoms with Crippen LogP contribution in [-0.4, -0.2) is 25.2 Å². The maximum atomic E-state index is 12.8. The van der Waals surface area contributed by atoms with Gasteiger partial charge in [-0.15, -0.1) is 0 Å². The van der Waals surface area contributed by atoms with Gasteiger partial charge in [0.2, 0.25) is 0 Å². The molecule has 3 heteroatoms. The summed E-state index contributed by atoms with van der Waals surface area (Å²) in [5.74, 6) is -0.161. The fourth-order valence-electron chi connectivity index (χ4n) is 2.49. The van der Waals surface area contributed by atoms with Crippen LogP contribution in [0, 0.1) is 5.82 Å². The van der Waals surface area contributed by atoms with Crippen LogP contribution < -0.4 is 10.6 Å². The second-order valence-electron chi connectivity index (χ2n) is 5.29.